The number of nitrogens with one attached hydrogen (secondary N) is 2. The first-order valence-electron chi connectivity index (χ1n) is 3.71. The molecule has 0 aliphatic heterocycles. The minimum absolute atomic E-state index is 0.475. The van der Waals surface area contributed by atoms with Crippen LogP contribution in [0.4, 0.5) is 4.79 Å². The number of imide groups is 1. The van der Waals surface area contributed by atoms with Gasteiger partial charge < -0.3 is 10.1 Å². The molecule has 0 bridgehead atoms. The molecule has 13 heavy (non-hydrogen) atoms. The second-order valence-corrected chi connectivity index (χ2v) is 1.92. The molecule has 0 aromatic carbocycles. The number of amides is 3. The number of urea groups is 1. The fourth-order valence-corrected chi connectivity index (χ4v) is 0.488. The number of carbonyl (C=O) groups excluding carboxylic acids is 2. The number of ether oxygens (including phenoxy) is 1. The van der Waals surface area contributed by atoms with Gasteiger partial charge in [-0.25, -0.2) is 4.79 Å². The fourth-order valence-electron chi connectivity index (χ4n) is 0.488. The number of rotatable bonds is 4. The van der Waals surface area contributed by atoms with E-state index < -0.39 is 11.9 Å². The predicted molar refractivity (Wildman–Crippen MR) is 47.6 cm³/mol. The molecule has 72 valence electrons. The molecule has 3 amide bonds. The number of hydrogen-bond acceptors (Lipinski definition) is 3. The first-order chi connectivity index (χ1) is 6.20. The van der Waals surface area contributed by atoms with E-state index in [1.54, 1.807) is 6.92 Å². The van der Waals surface area contributed by atoms with Crippen LogP contribution in [0.2, 0.25) is 0 Å². The zero-order chi connectivity index (χ0) is 10.1. The van der Waals surface area contributed by atoms with Crippen molar-refractivity contribution in [2.24, 2.45) is 0 Å². The normalized spacial score (nSPS) is 9.31. The smallest absolute Gasteiger partial charge is 0.325 e. The highest BCUT2D eigenvalue weighted by Crippen LogP contribution is 1.77. The van der Waals surface area contributed by atoms with Crippen LogP contribution in [-0.4, -0.2) is 18.5 Å². The molecule has 0 aliphatic carbocycles. The Labute approximate surface area is 76.5 Å². The topological polar surface area (TPSA) is 67.4 Å². The quantitative estimate of drug-likeness (QED) is 0.494. The molecular formula is C8H12N2O3. The molecule has 0 heterocycles. The summed E-state index contributed by atoms with van der Waals surface area (Å²) in [6, 6.07) is -0.624. The summed E-state index contributed by atoms with van der Waals surface area (Å²) in [7, 11) is 0. The summed E-state index contributed by atoms with van der Waals surface area (Å²) in [6.45, 7) is 5.52. The van der Waals surface area contributed by atoms with Crippen LogP contribution >= 0.6 is 0 Å². The van der Waals surface area contributed by atoms with Crippen molar-refractivity contribution in [1.29, 1.82) is 0 Å². The third-order valence-electron chi connectivity index (χ3n) is 0.952. The summed E-state index contributed by atoms with van der Waals surface area (Å²) in [4.78, 5) is 21.5. The molecule has 0 aromatic heterocycles. The minimum atomic E-state index is -0.624. The van der Waals surface area contributed by atoms with E-state index in [0.29, 0.717) is 6.61 Å². The Morgan fingerprint density at radius 3 is 2.77 bits per heavy atom. The van der Waals surface area contributed by atoms with E-state index in [2.05, 4.69) is 11.9 Å². The minimum Gasteiger partial charge on any atom is -0.501 e. The Balaban J connectivity index is 3.73. The summed E-state index contributed by atoms with van der Waals surface area (Å²) in [5, 5.41) is 4.20. The van der Waals surface area contributed by atoms with Gasteiger partial charge in [0.15, 0.2) is 0 Å². The van der Waals surface area contributed by atoms with Gasteiger partial charge in [0.2, 0.25) is 0 Å². The predicted octanol–water partition coefficient (Wildman–Crippen LogP) is 0.506. The summed E-state index contributed by atoms with van der Waals surface area (Å²) < 4.78 is 4.75. The standard InChI is InChI=1S/C8H12N2O3/c1-3-9-8(12)10-7(11)5-6-13-4-2/h3,5-6H,1,4H2,2H3,(H2,9,10,11,12)/b6-5+. The summed E-state index contributed by atoms with van der Waals surface area (Å²) >= 11 is 0. The molecule has 0 aromatic rings. The molecule has 0 radical (unpaired) electrons. The highest BCUT2D eigenvalue weighted by molar-refractivity contribution is 6.00. The monoisotopic (exact) mass is 184 g/mol. The van der Waals surface area contributed by atoms with E-state index in [9.17, 15) is 9.59 Å². The summed E-state index contributed by atoms with van der Waals surface area (Å²) in [6.07, 6.45) is 3.51. The fraction of sp³-hybridized carbons (Fsp3) is 0.250. The third-order valence-corrected chi connectivity index (χ3v) is 0.952. The van der Waals surface area contributed by atoms with Crippen molar-refractivity contribution < 1.29 is 14.3 Å². The van der Waals surface area contributed by atoms with Gasteiger partial charge in [-0.15, -0.1) is 0 Å². The van der Waals surface area contributed by atoms with Crippen LogP contribution in [-0.2, 0) is 9.53 Å². The van der Waals surface area contributed by atoms with Gasteiger partial charge >= 0.3 is 6.03 Å². The molecule has 0 fully saturated rings. The van der Waals surface area contributed by atoms with E-state index in [-0.39, 0.29) is 0 Å². The maximum Gasteiger partial charge on any atom is 0.325 e. The zero-order valence-corrected chi connectivity index (χ0v) is 7.37. The lowest BCUT2D eigenvalue weighted by Crippen LogP contribution is -2.35. The second-order valence-electron chi connectivity index (χ2n) is 1.92. The van der Waals surface area contributed by atoms with Gasteiger partial charge in [0.05, 0.1) is 12.9 Å². The van der Waals surface area contributed by atoms with Crippen LogP contribution in [0.1, 0.15) is 6.92 Å². The van der Waals surface area contributed by atoms with Crippen LogP contribution in [0.5, 0.6) is 0 Å². The van der Waals surface area contributed by atoms with Gasteiger partial charge in [0.25, 0.3) is 5.91 Å². The van der Waals surface area contributed by atoms with Crippen molar-refractivity contribution in [2.75, 3.05) is 6.61 Å². The third kappa shape index (κ3) is 6.61. The molecule has 0 atom stereocenters. The summed E-state index contributed by atoms with van der Waals surface area (Å²) in [5.74, 6) is -0.548. The van der Waals surface area contributed by atoms with Gasteiger partial charge in [-0.1, -0.05) is 6.58 Å². The first kappa shape index (κ1) is 11.2. The molecule has 0 unspecified atom stereocenters. The Morgan fingerprint density at radius 1 is 1.54 bits per heavy atom. The highest BCUT2D eigenvalue weighted by atomic mass is 16.5. The Kier molecular flexibility index (Phi) is 5.96. The van der Waals surface area contributed by atoms with Crippen molar-refractivity contribution in [3.05, 3.63) is 25.1 Å². The lowest BCUT2D eigenvalue weighted by molar-refractivity contribution is -0.115. The lowest BCUT2D eigenvalue weighted by atomic mass is 10.6. The van der Waals surface area contributed by atoms with E-state index in [1.165, 1.54) is 12.5 Å². The molecule has 0 saturated heterocycles. The Bertz CT molecular complexity index is 223. The van der Waals surface area contributed by atoms with E-state index in [0.717, 1.165) is 6.08 Å². The SMILES string of the molecule is C=CNC(=O)NC(=O)/C=C/OCC. The van der Waals surface area contributed by atoms with Gasteiger partial charge in [-0.2, -0.15) is 0 Å². The van der Waals surface area contributed by atoms with E-state index in [1.807, 2.05) is 5.32 Å². The Hall–Kier alpha value is -1.78. The van der Waals surface area contributed by atoms with Gasteiger partial charge in [-0.05, 0) is 13.1 Å². The summed E-state index contributed by atoms with van der Waals surface area (Å²) in [5.41, 5.74) is 0. The second kappa shape index (κ2) is 6.90. The van der Waals surface area contributed by atoms with Gasteiger partial charge in [-0.3, -0.25) is 10.1 Å². The molecular weight excluding hydrogens is 172 g/mol. The lowest BCUT2D eigenvalue weighted by Gasteiger charge is -1.98. The molecule has 0 saturated carbocycles. The maximum atomic E-state index is 10.8. The van der Waals surface area contributed by atoms with Crippen LogP contribution in [0.15, 0.2) is 25.1 Å². The van der Waals surface area contributed by atoms with Crippen molar-refractivity contribution >= 4 is 11.9 Å². The van der Waals surface area contributed by atoms with E-state index in [4.69, 9.17) is 4.74 Å². The Morgan fingerprint density at radius 2 is 2.23 bits per heavy atom. The maximum absolute atomic E-state index is 10.8. The molecule has 2 N–H and O–H groups in total. The van der Waals surface area contributed by atoms with Crippen molar-refractivity contribution in [3.63, 3.8) is 0 Å². The van der Waals surface area contributed by atoms with Crippen LogP contribution in [0, 0.1) is 0 Å². The van der Waals surface area contributed by atoms with Crippen molar-refractivity contribution in [2.45, 2.75) is 6.92 Å². The molecule has 0 spiro atoms. The average Bonchev–Trinajstić information content (AvgIpc) is 2.05. The van der Waals surface area contributed by atoms with Crippen LogP contribution in [0.3, 0.4) is 0 Å². The van der Waals surface area contributed by atoms with E-state index >= 15 is 0 Å². The molecule has 5 nitrogen and oxygen atoms in total. The van der Waals surface area contributed by atoms with Gasteiger partial charge in [0, 0.05) is 6.08 Å². The molecule has 0 aliphatic rings. The number of hydrogen-bond donors (Lipinski definition) is 2. The highest BCUT2D eigenvalue weighted by Gasteiger charge is 2.00. The average molecular weight is 184 g/mol. The van der Waals surface area contributed by atoms with Crippen LogP contribution in [0.25, 0.3) is 0 Å². The van der Waals surface area contributed by atoms with Crippen LogP contribution < -0.4 is 10.6 Å². The largest absolute Gasteiger partial charge is 0.501 e. The van der Waals surface area contributed by atoms with Crippen molar-refractivity contribution in [1.82, 2.24) is 10.6 Å². The zero-order valence-electron chi connectivity index (χ0n) is 7.37. The molecule has 0 rings (SSSR count). The van der Waals surface area contributed by atoms with Crippen molar-refractivity contribution in [3.8, 4) is 0 Å². The van der Waals surface area contributed by atoms with Gasteiger partial charge in [0.1, 0.15) is 0 Å². The first-order valence-corrected chi connectivity index (χ1v) is 3.71. The molecule has 5 heteroatoms. The number of carbonyl (C=O) groups is 2.